The first-order valence-electron chi connectivity index (χ1n) is 18.3. The SMILES string of the molecule is COc1cc(N2CCC(N3CCCCC3)CC2)ccc1NC1N=CC=C(c2c(-c3cccc(C(=O)Nc4c(F)cccc4F)c3)nc3cc(F)ccn23)N1. The van der Waals surface area contributed by atoms with Crippen LogP contribution in [0.2, 0.25) is 0 Å². The molecule has 54 heavy (non-hydrogen) atoms. The molecule has 2 saturated heterocycles. The Morgan fingerprint density at radius 3 is 2.46 bits per heavy atom. The van der Waals surface area contributed by atoms with Gasteiger partial charge in [-0.05, 0) is 87.3 Å². The lowest BCUT2D eigenvalue weighted by atomic mass is 9.99. The maximum Gasteiger partial charge on any atom is 0.255 e. The molecule has 2 aromatic heterocycles. The lowest BCUT2D eigenvalue weighted by molar-refractivity contribution is 0.102. The molecule has 13 heteroatoms. The van der Waals surface area contributed by atoms with E-state index in [0.29, 0.717) is 40.1 Å². The van der Waals surface area contributed by atoms with Gasteiger partial charge in [-0.15, -0.1) is 0 Å². The van der Waals surface area contributed by atoms with Gasteiger partial charge in [-0.25, -0.2) is 23.1 Å². The first-order valence-corrected chi connectivity index (χ1v) is 18.3. The van der Waals surface area contributed by atoms with Gasteiger partial charge in [0.1, 0.15) is 34.5 Å². The zero-order chi connectivity index (χ0) is 37.2. The Bertz CT molecular complexity index is 2220. The number of nitrogens with one attached hydrogen (secondary N) is 3. The molecule has 0 saturated carbocycles. The number of benzene rings is 3. The zero-order valence-corrected chi connectivity index (χ0v) is 29.9. The molecule has 0 aliphatic carbocycles. The third kappa shape index (κ3) is 7.23. The lowest BCUT2D eigenvalue weighted by Gasteiger charge is -2.41. The molecule has 0 radical (unpaired) electrons. The largest absolute Gasteiger partial charge is 0.495 e. The van der Waals surface area contributed by atoms with Crippen molar-refractivity contribution in [3.8, 4) is 17.0 Å². The summed E-state index contributed by atoms with van der Waals surface area (Å²) in [6.07, 6.45) is 10.7. The third-order valence-electron chi connectivity index (χ3n) is 10.4. The highest BCUT2D eigenvalue weighted by Gasteiger charge is 2.27. The predicted molar refractivity (Wildman–Crippen MR) is 206 cm³/mol. The quantitative estimate of drug-likeness (QED) is 0.144. The van der Waals surface area contributed by atoms with Crippen molar-refractivity contribution >= 4 is 40.5 Å². The van der Waals surface area contributed by atoms with E-state index in [0.717, 1.165) is 49.4 Å². The van der Waals surface area contributed by atoms with Crippen molar-refractivity contribution in [3.63, 3.8) is 0 Å². The van der Waals surface area contributed by atoms with Gasteiger partial charge in [-0.2, -0.15) is 0 Å². The van der Waals surface area contributed by atoms with Gasteiger partial charge in [-0.3, -0.25) is 9.20 Å². The molecule has 5 aromatic rings. The Kier molecular flexibility index (Phi) is 9.96. The number of rotatable bonds is 9. The van der Waals surface area contributed by atoms with E-state index in [1.165, 1.54) is 56.6 Å². The second-order valence-electron chi connectivity index (χ2n) is 13.8. The van der Waals surface area contributed by atoms with Gasteiger partial charge in [0.15, 0.2) is 6.29 Å². The van der Waals surface area contributed by atoms with E-state index in [1.807, 2.05) is 6.07 Å². The van der Waals surface area contributed by atoms with Crippen LogP contribution in [0.15, 0.2) is 90.1 Å². The fourth-order valence-corrected chi connectivity index (χ4v) is 7.66. The van der Waals surface area contributed by atoms with E-state index in [2.05, 4.69) is 42.9 Å². The van der Waals surface area contributed by atoms with Gasteiger partial charge < -0.3 is 30.5 Å². The van der Waals surface area contributed by atoms with Gasteiger partial charge in [0.05, 0.1) is 29.9 Å². The Labute approximate surface area is 311 Å². The number of anilines is 3. The number of ether oxygens (including phenoxy) is 1. The maximum atomic E-state index is 14.4. The van der Waals surface area contributed by atoms with Crippen LogP contribution in [0.1, 0.15) is 48.2 Å². The molecule has 10 nitrogen and oxygen atoms in total. The number of aromatic nitrogens is 2. The second kappa shape index (κ2) is 15.3. The molecule has 3 N–H and O–H groups in total. The zero-order valence-electron chi connectivity index (χ0n) is 29.9. The van der Waals surface area contributed by atoms with E-state index in [9.17, 15) is 18.0 Å². The number of halogens is 3. The summed E-state index contributed by atoms with van der Waals surface area (Å²) < 4.78 is 50.7. The summed E-state index contributed by atoms with van der Waals surface area (Å²) in [4.78, 5) is 27.6. The molecule has 278 valence electrons. The summed E-state index contributed by atoms with van der Waals surface area (Å²) in [5, 5.41) is 9.21. The van der Waals surface area contributed by atoms with E-state index >= 15 is 0 Å². The van der Waals surface area contributed by atoms with Crippen LogP contribution >= 0.6 is 0 Å². The van der Waals surface area contributed by atoms with Crippen molar-refractivity contribution in [2.75, 3.05) is 48.8 Å². The minimum Gasteiger partial charge on any atom is -0.495 e. The Morgan fingerprint density at radius 1 is 0.907 bits per heavy atom. The number of methoxy groups -OCH3 is 1. The molecule has 3 aliphatic rings. The highest BCUT2D eigenvalue weighted by Crippen LogP contribution is 2.34. The molecule has 3 aliphatic heterocycles. The van der Waals surface area contributed by atoms with Crippen LogP contribution in [0.25, 0.3) is 22.6 Å². The number of para-hydroxylation sites is 1. The average Bonchev–Trinajstić information content (AvgIpc) is 3.59. The van der Waals surface area contributed by atoms with Crippen LogP contribution in [0, 0.1) is 17.5 Å². The molecule has 3 aromatic carbocycles. The molecule has 8 rings (SSSR count). The van der Waals surface area contributed by atoms with Crippen LogP contribution < -0.4 is 25.6 Å². The van der Waals surface area contributed by atoms with Crippen LogP contribution in [-0.2, 0) is 0 Å². The van der Waals surface area contributed by atoms with Crippen molar-refractivity contribution in [1.29, 1.82) is 0 Å². The first-order chi connectivity index (χ1) is 26.3. The molecule has 0 spiro atoms. The highest BCUT2D eigenvalue weighted by atomic mass is 19.1. The van der Waals surface area contributed by atoms with E-state index < -0.39 is 35.3 Å². The molecule has 1 atom stereocenters. The van der Waals surface area contributed by atoms with Crippen molar-refractivity contribution in [2.45, 2.75) is 44.4 Å². The Hall–Kier alpha value is -5.82. The van der Waals surface area contributed by atoms with Gasteiger partial charge in [-0.1, -0.05) is 24.6 Å². The van der Waals surface area contributed by atoms with Gasteiger partial charge in [0.25, 0.3) is 5.91 Å². The number of carbonyl (C=O) groups is 1. The van der Waals surface area contributed by atoms with Crippen molar-refractivity contribution in [1.82, 2.24) is 19.6 Å². The summed E-state index contributed by atoms with van der Waals surface area (Å²) in [6, 6.07) is 19.4. The summed E-state index contributed by atoms with van der Waals surface area (Å²) in [6.45, 7) is 4.45. The summed E-state index contributed by atoms with van der Waals surface area (Å²) in [7, 11) is 1.65. The molecule has 5 heterocycles. The number of aliphatic imine (C=N–C) groups is 1. The van der Waals surface area contributed by atoms with Crippen molar-refractivity contribution in [2.24, 2.45) is 4.99 Å². The third-order valence-corrected chi connectivity index (χ3v) is 10.4. The number of nitrogens with zero attached hydrogens (tertiary/aromatic N) is 5. The van der Waals surface area contributed by atoms with Crippen LogP contribution in [-0.4, -0.2) is 72.0 Å². The Balaban J connectivity index is 1.02. The summed E-state index contributed by atoms with van der Waals surface area (Å²) in [5.41, 5.74) is 4.04. The number of hydrogen-bond donors (Lipinski definition) is 3. The van der Waals surface area contributed by atoms with Crippen LogP contribution in [0.5, 0.6) is 5.75 Å². The number of allylic oxidation sites excluding steroid dienone is 1. The summed E-state index contributed by atoms with van der Waals surface area (Å²) >= 11 is 0. The molecular weight excluding hydrogens is 693 g/mol. The normalized spacial score (nSPS) is 18.0. The Morgan fingerprint density at radius 2 is 1.69 bits per heavy atom. The molecule has 1 unspecified atom stereocenters. The predicted octanol–water partition coefficient (Wildman–Crippen LogP) is 7.54. The topological polar surface area (TPSA) is 98.5 Å². The number of amides is 1. The highest BCUT2D eigenvalue weighted by molar-refractivity contribution is 6.05. The number of piperidine rings is 2. The summed E-state index contributed by atoms with van der Waals surface area (Å²) in [5.74, 6) is -2.25. The number of fused-ring (bicyclic) bond motifs is 1. The molecule has 0 bridgehead atoms. The molecule has 2 fully saturated rings. The number of hydrogen-bond acceptors (Lipinski definition) is 8. The monoisotopic (exact) mass is 734 g/mol. The van der Waals surface area contributed by atoms with E-state index in [1.54, 1.807) is 48.2 Å². The van der Waals surface area contributed by atoms with Gasteiger partial charge in [0, 0.05) is 60.5 Å². The molecular formula is C41H41F3N8O2. The van der Waals surface area contributed by atoms with Gasteiger partial charge >= 0.3 is 0 Å². The maximum absolute atomic E-state index is 14.4. The smallest absolute Gasteiger partial charge is 0.255 e. The standard InChI is InChI=1S/C41H41F3N8O2/c1-54-35-25-30(51-20-15-29(16-21-51)50-18-3-2-4-19-50)11-12-33(35)46-41-45-17-13-34(47-41)39-37(48-36-24-28(42)14-22-52(36)39)26-7-5-8-27(23-26)40(53)49-38-31(43)9-6-10-32(38)44/h5-14,17,22-25,29,41,46-47H,2-4,15-16,18-21H2,1H3,(H,49,53). The fraction of sp³-hybridized carbons (Fsp3) is 0.293. The van der Waals surface area contributed by atoms with Crippen molar-refractivity contribution < 1.29 is 22.7 Å². The number of pyridine rings is 1. The second-order valence-corrected chi connectivity index (χ2v) is 13.8. The number of likely N-dealkylation sites (tertiary alicyclic amines) is 1. The molecule has 1 amide bonds. The van der Waals surface area contributed by atoms with E-state index in [-0.39, 0.29) is 5.56 Å². The fourth-order valence-electron chi connectivity index (χ4n) is 7.66. The van der Waals surface area contributed by atoms with Crippen LogP contribution in [0.4, 0.5) is 30.2 Å². The van der Waals surface area contributed by atoms with Crippen molar-refractivity contribution in [3.05, 3.63) is 114 Å². The van der Waals surface area contributed by atoms with Gasteiger partial charge in [0.2, 0.25) is 0 Å². The minimum atomic E-state index is -0.888. The van der Waals surface area contributed by atoms with Crippen LogP contribution in [0.3, 0.4) is 0 Å². The minimum absolute atomic E-state index is 0.151. The number of imidazole rings is 1. The first kappa shape index (κ1) is 35.2. The lowest BCUT2D eigenvalue weighted by Crippen LogP contribution is -2.46. The number of carbonyl (C=O) groups excluding carboxylic acids is 1. The van der Waals surface area contributed by atoms with E-state index in [4.69, 9.17) is 9.72 Å². The average molecular weight is 735 g/mol.